The minimum absolute atomic E-state index is 0. The van der Waals surface area contributed by atoms with Crippen LogP contribution in [0.3, 0.4) is 0 Å². The minimum atomic E-state index is 0. The van der Waals surface area contributed by atoms with E-state index in [9.17, 15) is 0 Å². The van der Waals surface area contributed by atoms with Crippen LogP contribution in [0.25, 0.3) is 0 Å². The first-order valence-corrected chi connectivity index (χ1v) is 4.96. The molecule has 80 valence electrons. The molecule has 1 aliphatic rings. The number of halogens is 1. The van der Waals surface area contributed by atoms with Crippen molar-refractivity contribution in [2.24, 2.45) is 0 Å². The Labute approximate surface area is 91.1 Å². The van der Waals surface area contributed by atoms with Gasteiger partial charge in [0.25, 0.3) is 0 Å². The molecule has 2 rings (SSSR count). The van der Waals surface area contributed by atoms with Crippen molar-refractivity contribution in [2.45, 2.75) is 25.4 Å². The van der Waals surface area contributed by atoms with Crippen LogP contribution in [0, 0.1) is 0 Å². The molecule has 2 atom stereocenters. The minimum Gasteiger partial charge on any atom is -0.364 e. The van der Waals surface area contributed by atoms with Crippen LogP contribution in [0.15, 0.2) is 18.3 Å². The van der Waals surface area contributed by atoms with Crippen molar-refractivity contribution in [1.82, 2.24) is 15.6 Å². The lowest BCUT2D eigenvalue weighted by Crippen LogP contribution is -2.33. The van der Waals surface area contributed by atoms with Crippen molar-refractivity contribution in [3.05, 3.63) is 24.0 Å². The largest absolute Gasteiger partial charge is 0.364 e. The SMILES string of the molecule is CC(N[C@H]1CCNC1)c1ccc[nH]1.Cl. The second-order valence-electron chi connectivity index (χ2n) is 3.70. The molecular formula is C10H18ClN3. The molecule has 1 unspecified atom stereocenters. The molecule has 14 heavy (non-hydrogen) atoms. The fourth-order valence-corrected chi connectivity index (χ4v) is 1.85. The highest BCUT2D eigenvalue weighted by Crippen LogP contribution is 2.11. The predicted molar refractivity (Wildman–Crippen MR) is 60.9 cm³/mol. The third kappa shape index (κ3) is 2.74. The average molecular weight is 216 g/mol. The van der Waals surface area contributed by atoms with Crippen LogP contribution in [0.1, 0.15) is 25.1 Å². The van der Waals surface area contributed by atoms with Crippen LogP contribution in [-0.4, -0.2) is 24.1 Å². The van der Waals surface area contributed by atoms with Crippen molar-refractivity contribution in [3.63, 3.8) is 0 Å². The van der Waals surface area contributed by atoms with Gasteiger partial charge in [0, 0.05) is 30.5 Å². The van der Waals surface area contributed by atoms with Crippen molar-refractivity contribution in [3.8, 4) is 0 Å². The molecule has 0 saturated carbocycles. The molecule has 1 aromatic rings. The summed E-state index contributed by atoms with van der Waals surface area (Å²) in [5.41, 5.74) is 1.27. The highest BCUT2D eigenvalue weighted by atomic mass is 35.5. The average Bonchev–Trinajstić information content (AvgIpc) is 2.74. The van der Waals surface area contributed by atoms with E-state index in [1.165, 1.54) is 12.1 Å². The van der Waals surface area contributed by atoms with Gasteiger partial charge in [-0.2, -0.15) is 0 Å². The smallest absolute Gasteiger partial charge is 0.0446 e. The maximum absolute atomic E-state index is 3.59. The lowest BCUT2D eigenvalue weighted by molar-refractivity contribution is 0.472. The monoisotopic (exact) mass is 215 g/mol. The van der Waals surface area contributed by atoms with Gasteiger partial charge < -0.3 is 15.6 Å². The second kappa shape index (κ2) is 5.39. The van der Waals surface area contributed by atoms with E-state index in [1.807, 2.05) is 12.3 Å². The number of aromatic nitrogens is 1. The van der Waals surface area contributed by atoms with E-state index in [0.717, 1.165) is 13.1 Å². The number of aromatic amines is 1. The molecule has 3 N–H and O–H groups in total. The van der Waals surface area contributed by atoms with E-state index < -0.39 is 0 Å². The summed E-state index contributed by atoms with van der Waals surface area (Å²) in [6, 6.07) is 5.23. The highest BCUT2D eigenvalue weighted by molar-refractivity contribution is 5.85. The summed E-state index contributed by atoms with van der Waals surface area (Å²) in [5.74, 6) is 0. The maximum atomic E-state index is 3.59. The molecule has 0 radical (unpaired) electrons. The summed E-state index contributed by atoms with van der Waals surface area (Å²) in [4.78, 5) is 3.23. The number of H-pyrrole nitrogens is 1. The van der Waals surface area contributed by atoms with Gasteiger partial charge in [-0.25, -0.2) is 0 Å². The summed E-state index contributed by atoms with van der Waals surface area (Å²) in [6.07, 6.45) is 3.21. The predicted octanol–water partition coefficient (Wildman–Crippen LogP) is 1.45. The molecule has 2 heterocycles. The van der Waals surface area contributed by atoms with Gasteiger partial charge in [-0.15, -0.1) is 12.4 Å². The zero-order valence-corrected chi connectivity index (χ0v) is 9.23. The van der Waals surface area contributed by atoms with Gasteiger partial charge in [0.15, 0.2) is 0 Å². The van der Waals surface area contributed by atoms with Gasteiger partial charge in [0.05, 0.1) is 0 Å². The van der Waals surface area contributed by atoms with Gasteiger partial charge in [-0.05, 0) is 32.0 Å². The number of hydrogen-bond donors (Lipinski definition) is 3. The second-order valence-corrected chi connectivity index (χ2v) is 3.70. The Morgan fingerprint density at radius 3 is 3.00 bits per heavy atom. The summed E-state index contributed by atoms with van der Waals surface area (Å²) >= 11 is 0. The Hall–Kier alpha value is -0.510. The van der Waals surface area contributed by atoms with E-state index in [1.54, 1.807) is 0 Å². The van der Waals surface area contributed by atoms with E-state index in [2.05, 4.69) is 28.6 Å². The Bertz CT molecular complexity index is 242. The molecule has 0 spiro atoms. The van der Waals surface area contributed by atoms with Crippen LogP contribution in [0.4, 0.5) is 0 Å². The first-order chi connectivity index (χ1) is 6.36. The fourth-order valence-electron chi connectivity index (χ4n) is 1.85. The first kappa shape index (κ1) is 11.6. The van der Waals surface area contributed by atoms with Gasteiger partial charge in [-0.1, -0.05) is 0 Å². The maximum Gasteiger partial charge on any atom is 0.0446 e. The van der Waals surface area contributed by atoms with Crippen molar-refractivity contribution in [2.75, 3.05) is 13.1 Å². The van der Waals surface area contributed by atoms with Crippen LogP contribution >= 0.6 is 12.4 Å². The third-order valence-corrected chi connectivity index (χ3v) is 2.63. The molecule has 1 saturated heterocycles. The molecule has 3 nitrogen and oxygen atoms in total. The lowest BCUT2D eigenvalue weighted by Gasteiger charge is -2.17. The number of rotatable bonds is 3. The van der Waals surface area contributed by atoms with Crippen molar-refractivity contribution < 1.29 is 0 Å². The summed E-state index contributed by atoms with van der Waals surface area (Å²) < 4.78 is 0. The van der Waals surface area contributed by atoms with Crippen LogP contribution in [0.2, 0.25) is 0 Å². The zero-order valence-electron chi connectivity index (χ0n) is 8.42. The van der Waals surface area contributed by atoms with Gasteiger partial charge in [-0.3, -0.25) is 0 Å². The van der Waals surface area contributed by atoms with Crippen LogP contribution < -0.4 is 10.6 Å². The highest BCUT2D eigenvalue weighted by Gasteiger charge is 2.17. The Balaban J connectivity index is 0.000000980. The van der Waals surface area contributed by atoms with Gasteiger partial charge >= 0.3 is 0 Å². The first-order valence-electron chi connectivity index (χ1n) is 4.96. The molecular weight excluding hydrogens is 198 g/mol. The molecule has 1 fully saturated rings. The summed E-state index contributed by atoms with van der Waals surface area (Å²) in [7, 11) is 0. The molecule has 0 aromatic carbocycles. The number of nitrogens with one attached hydrogen (secondary N) is 3. The Kier molecular flexibility index (Phi) is 4.45. The normalized spacial score (nSPS) is 23.1. The molecule has 0 amide bonds. The quantitative estimate of drug-likeness (QED) is 0.715. The van der Waals surface area contributed by atoms with E-state index in [-0.39, 0.29) is 12.4 Å². The number of hydrogen-bond acceptors (Lipinski definition) is 2. The van der Waals surface area contributed by atoms with E-state index in [4.69, 9.17) is 0 Å². The van der Waals surface area contributed by atoms with E-state index >= 15 is 0 Å². The van der Waals surface area contributed by atoms with Crippen LogP contribution in [0.5, 0.6) is 0 Å². The van der Waals surface area contributed by atoms with Gasteiger partial charge in [0.1, 0.15) is 0 Å². The lowest BCUT2D eigenvalue weighted by atomic mass is 10.2. The molecule has 1 aromatic heterocycles. The third-order valence-electron chi connectivity index (χ3n) is 2.63. The molecule has 0 aliphatic carbocycles. The fraction of sp³-hybridized carbons (Fsp3) is 0.600. The Morgan fingerprint density at radius 1 is 1.57 bits per heavy atom. The van der Waals surface area contributed by atoms with Crippen molar-refractivity contribution in [1.29, 1.82) is 0 Å². The standard InChI is InChI=1S/C10H17N3.ClH/c1-8(10-3-2-5-12-10)13-9-4-6-11-7-9;/h2-3,5,8-9,11-13H,4,6-7H2,1H3;1H/t8?,9-;/m0./s1. The summed E-state index contributed by atoms with van der Waals surface area (Å²) in [6.45, 7) is 4.45. The van der Waals surface area contributed by atoms with Crippen molar-refractivity contribution >= 4 is 12.4 Å². The summed E-state index contributed by atoms with van der Waals surface area (Å²) in [5, 5.41) is 6.94. The Morgan fingerprint density at radius 2 is 2.43 bits per heavy atom. The zero-order chi connectivity index (χ0) is 9.10. The molecule has 0 bridgehead atoms. The molecule has 1 aliphatic heterocycles. The van der Waals surface area contributed by atoms with Crippen LogP contribution in [-0.2, 0) is 0 Å². The van der Waals surface area contributed by atoms with E-state index in [0.29, 0.717) is 12.1 Å². The molecule has 4 heteroatoms. The van der Waals surface area contributed by atoms with Gasteiger partial charge in [0.2, 0.25) is 0 Å². The topological polar surface area (TPSA) is 39.8 Å².